The second-order valence-corrected chi connectivity index (χ2v) is 4.67. The van der Waals surface area contributed by atoms with E-state index < -0.39 is 5.97 Å². The molecule has 100 valence electrons. The van der Waals surface area contributed by atoms with Gasteiger partial charge < -0.3 is 9.52 Å². The predicted octanol–water partition coefficient (Wildman–Crippen LogP) is 3.61. The highest BCUT2D eigenvalue weighted by Crippen LogP contribution is 2.26. The first-order chi connectivity index (χ1) is 9.02. The van der Waals surface area contributed by atoms with E-state index in [0.717, 1.165) is 23.1 Å². The van der Waals surface area contributed by atoms with Crippen molar-refractivity contribution < 1.29 is 14.3 Å². The van der Waals surface area contributed by atoms with Crippen molar-refractivity contribution in [1.29, 1.82) is 0 Å². The van der Waals surface area contributed by atoms with Crippen LogP contribution in [0.3, 0.4) is 0 Å². The molecule has 0 unspecified atom stereocenters. The van der Waals surface area contributed by atoms with Crippen LogP contribution in [0, 0.1) is 13.8 Å². The molecule has 0 aliphatic heterocycles. The van der Waals surface area contributed by atoms with Gasteiger partial charge in [-0.25, -0.2) is 9.78 Å². The lowest BCUT2D eigenvalue weighted by molar-refractivity contribution is 0.0661. The number of aryl methyl sites for hydroxylation is 3. The number of hydrogen-bond donors (Lipinski definition) is 1. The Bertz CT molecular complexity index is 614. The minimum atomic E-state index is -1.06. The average Bonchev–Trinajstić information content (AvgIpc) is 2.77. The maximum Gasteiger partial charge on any atom is 0.373 e. The highest BCUT2D eigenvalue weighted by Gasteiger charge is 2.20. The molecule has 19 heavy (non-hydrogen) atoms. The Balaban J connectivity index is 2.53. The van der Waals surface area contributed by atoms with E-state index in [1.54, 1.807) is 0 Å². The van der Waals surface area contributed by atoms with Crippen LogP contribution < -0.4 is 0 Å². The van der Waals surface area contributed by atoms with E-state index in [-0.39, 0.29) is 5.76 Å². The SMILES string of the molecule is CCCc1nc(-c2cc(C)ccc2C)oc1C(=O)O. The molecular weight excluding hydrogens is 242 g/mol. The van der Waals surface area contributed by atoms with Crippen molar-refractivity contribution >= 4 is 5.97 Å². The molecule has 0 fully saturated rings. The molecule has 4 nitrogen and oxygen atoms in total. The molecule has 0 spiro atoms. The third-order valence-corrected chi connectivity index (χ3v) is 3.00. The van der Waals surface area contributed by atoms with Crippen molar-refractivity contribution in [2.75, 3.05) is 0 Å². The Morgan fingerprint density at radius 1 is 1.37 bits per heavy atom. The smallest absolute Gasteiger partial charge is 0.373 e. The van der Waals surface area contributed by atoms with Gasteiger partial charge in [-0.15, -0.1) is 0 Å². The first-order valence-corrected chi connectivity index (χ1v) is 6.33. The number of carbonyl (C=O) groups is 1. The summed E-state index contributed by atoms with van der Waals surface area (Å²) in [4.78, 5) is 15.5. The lowest BCUT2D eigenvalue weighted by Crippen LogP contribution is -1.99. The number of carboxylic acid groups (broad SMARTS) is 1. The Morgan fingerprint density at radius 2 is 2.11 bits per heavy atom. The number of rotatable bonds is 4. The summed E-state index contributed by atoms with van der Waals surface area (Å²) in [5, 5.41) is 9.14. The summed E-state index contributed by atoms with van der Waals surface area (Å²) >= 11 is 0. The fourth-order valence-electron chi connectivity index (χ4n) is 2.01. The number of benzene rings is 1. The Kier molecular flexibility index (Phi) is 3.69. The number of hydrogen-bond acceptors (Lipinski definition) is 3. The zero-order chi connectivity index (χ0) is 14.0. The van der Waals surface area contributed by atoms with E-state index >= 15 is 0 Å². The Morgan fingerprint density at radius 3 is 2.74 bits per heavy atom. The summed E-state index contributed by atoms with van der Waals surface area (Å²) in [7, 11) is 0. The molecule has 1 heterocycles. The van der Waals surface area contributed by atoms with Crippen LogP contribution in [0.25, 0.3) is 11.5 Å². The molecule has 4 heteroatoms. The summed E-state index contributed by atoms with van der Waals surface area (Å²) in [6, 6.07) is 5.95. The fourth-order valence-corrected chi connectivity index (χ4v) is 2.01. The van der Waals surface area contributed by atoms with Gasteiger partial charge in [0.15, 0.2) is 0 Å². The molecule has 2 rings (SSSR count). The minimum Gasteiger partial charge on any atom is -0.475 e. The summed E-state index contributed by atoms with van der Waals surface area (Å²) < 4.78 is 5.44. The van der Waals surface area contributed by atoms with Crippen LogP contribution in [-0.4, -0.2) is 16.1 Å². The van der Waals surface area contributed by atoms with Crippen LogP contribution in [0.4, 0.5) is 0 Å². The van der Waals surface area contributed by atoms with E-state index in [9.17, 15) is 4.79 Å². The van der Waals surface area contributed by atoms with Gasteiger partial charge in [0.05, 0.1) is 5.69 Å². The molecule has 0 amide bonds. The second kappa shape index (κ2) is 5.26. The quantitative estimate of drug-likeness (QED) is 0.911. The molecule has 0 bridgehead atoms. The van der Waals surface area contributed by atoms with Crippen molar-refractivity contribution in [3.05, 3.63) is 40.8 Å². The molecule has 0 saturated heterocycles. The standard InChI is InChI=1S/C15H17NO3/c1-4-5-12-13(15(17)18)19-14(16-12)11-8-9(2)6-7-10(11)3/h6-8H,4-5H2,1-3H3,(H,17,18). The maximum absolute atomic E-state index is 11.2. The van der Waals surface area contributed by atoms with Crippen LogP contribution in [0.1, 0.15) is 40.7 Å². The summed E-state index contributed by atoms with van der Waals surface area (Å²) in [6.45, 7) is 5.92. The highest BCUT2D eigenvalue weighted by molar-refractivity contribution is 5.86. The summed E-state index contributed by atoms with van der Waals surface area (Å²) in [5.74, 6) is -0.715. The highest BCUT2D eigenvalue weighted by atomic mass is 16.4. The van der Waals surface area contributed by atoms with Crippen molar-refractivity contribution in [2.45, 2.75) is 33.6 Å². The molecule has 0 radical (unpaired) electrons. The zero-order valence-corrected chi connectivity index (χ0v) is 11.4. The van der Waals surface area contributed by atoms with Crippen molar-refractivity contribution in [1.82, 2.24) is 4.98 Å². The zero-order valence-electron chi connectivity index (χ0n) is 11.4. The van der Waals surface area contributed by atoms with Gasteiger partial charge in [-0.05, 0) is 31.9 Å². The molecule has 2 aromatic rings. The average molecular weight is 259 g/mol. The third kappa shape index (κ3) is 2.67. The first kappa shape index (κ1) is 13.3. The largest absolute Gasteiger partial charge is 0.475 e. The van der Waals surface area contributed by atoms with Gasteiger partial charge >= 0.3 is 5.97 Å². The van der Waals surface area contributed by atoms with E-state index in [1.165, 1.54) is 0 Å². The number of aromatic carboxylic acids is 1. The van der Waals surface area contributed by atoms with Gasteiger partial charge in [0.2, 0.25) is 11.7 Å². The van der Waals surface area contributed by atoms with Crippen LogP contribution in [0.5, 0.6) is 0 Å². The van der Waals surface area contributed by atoms with Gasteiger partial charge in [-0.1, -0.05) is 31.0 Å². The van der Waals surface area contributed by atoms with Gasteiger partial charge in [0.1, 0.15) is 0 Å². The molecule has 0 aliphatic rings. The molecule has 1 N–H and O–H groups in total. The molecule has 1 aromatic heterocycles. The molecule has 0 saturated carbocycles. The predicted molar refractivity (Wildman–Crippen MR) is 72.4 cm³/mol. The van der Waals surface area contributed by atoms with Crippen molar-refractivity contribution in [2.24, 2.45) is 0 Å². The van der Waals surface area contributed by atoms with Gasteiger partial charge in [0.25, 0.3) is 0 Å². The Labute approximate surface area is 112 Å². The fraction of sp³-hybridized carbons (Fsp3) is 0.333. The van der Waals surface area contributed by atoms with Gasteiger partial charge in [0, 0.05) is 5.56 Å². The van der Waals surface area contributed by atoms with E-state index in [1.807, 2.05) is 39.0 Å². The van der Waals surface area contributed by atoms with Crippen LogP contribution in [0.2, 0.25) is 0 Å². The normalized spacial score (nSPS) is 10.7. The topological polar surface area (TPSA) is 63.3 Å². The molecular formula is C15H17NO3. The summed E-state index contributed by atoms with van der Waals surface area (Å²) in [5.41, 5.74) is 3.48. The first-order valence-electron chi connectivity index (χ1n) is 6.33. The van der Waals surface area contributed by atoms with Gasteiger partial charge in [-0.3, -0.25) is 0 Å². The lowest BCUT2D eigenvalue weighted by atomic mass is 10.1. The third-order valence-electron chi connectivity index (χ3n) is 3.00. The van der Waals surface area contributed by atoms with Crippen LogP contribution in [-0.2, 0) is 6.42 Å². The second-order valence-electron chi connectivity index (χ2n) is 4.67. The monoisotopic (exact) mass is 259 g/mol. The number of aromatic nitrogens is 1. The minimum absolute atomic E-state index is 0.0437. The van der Waals surface area contributed by atoms with E-state index in [2.05, 4.69) is 4.98 Å². The van der Waals surface area contributed by atoms with Gasteiger partial charge in [-0.2, -0.15) is 0 Å². The van der Waals surface area contributed by atoms with Crippen molar-refractivity contribution in [3.63, 3.8) is 0 Å². The summed E-state index contributed by atoms with van der Waals surface area (Å²) in [6.07, 6.45) is 1.44. The molecule has 0 aliphatic carbocycles. The Hall–Kier alpha value is -2.10. The van der Waals surface area contributed by atoms with Crippen LogP contribution in [0.15, 0.2) is 22.6 Å². The maximum atomic E-state index is 11.2. The molecule has 0 atom stereocenters. The van der Waals surface area contributed by atoms with Crippen LogP contribution >= 0.6 is 0 Å². The number of oxazole rings is 1. The van der Waals surface area contributed by atoms with E-state index in [0.29, 0.717) is 18.0 Å². The van der Waals surface area contributed by atoms with Crippen molar-refractivity contribution in [3.8, 4) is 11.5 Å². The number of carboxylic acids is 1. The number of nitrogens with zero attached hydrogens (tertiary/aromatic N) is 1. The lowest BCUT2D eigenvalue weighted by Gasteiger charge is -2.02. The molecule has 1 aromatic carbocycles. The van der Waals surface area contributed by atoms with E-state index in [4.69, 9.17) is 9.52 Å².